The van der Waals surface area contributed by atoms with Crippen LogP contribution in [0.15, 0.2) is 36.0 Å². The molecule has 0 unspecified atom stereocenters. The number of para-hydroxylation sites is 1. The molecule has 1 aromatic rings. The van der Waals surface area contributed by atoms with E-state index in [1.165, 1.54) is 6.20 Å². The van der Waals surface area contributed by atoms with Crippen LogP contribution in [-0.4, -0.2) is 50.2 Å². The maximum absolute atomic E-state index is 12.2. The van der Waals surface area contributed by atoms with Crippen molar-refractivity contribution in [2.75, 3.05) is 44.7 Å². The highest BCUT2D eigenvalue weighted by Crippen LogP contribution is 2.29. The van der Waals surface area contributed by atoms with Gasteiger partial charge in [-0.05, 0) is 17.0 Å². The first-order chi connectivity index (χ1) is 12.4. The predicted molar refractivity (Wildman–Crippen MR) is 103 cm³/mol. The van der Waals surface area contributed by atoms with E-state index >= 15 is 0 Å². The number of hydrogen-bond acceptors (Lipinski definition) is 5. The SMILES string of the molecule is CC(C)(C)c1ccccc1N/C=C(/C#N)C(=O)NCCN1CCOCC1. The van der Waals surface area contributed by atoms with Gasteiger partial charge in [-0.3, -0.25) is 9.69 Å². The minimum absolute atomic E-state index is 0.0370. The Balaban J connectivity index is 1.93. The molecule has 0 saturated carbocycles. The highest BCUT2D eigenvalue weighted by atomic mass is 16.5. The summed E-state index contributed by atoms with van der Waals surface area (Å²) < 4.78 is 5.30. The number of hydrogen-bond donors (Lipinski definition) is 2. The molecule has 1 heterocycles. The third-order valence-electron chi connectivity index (χ3n) is 4.29. The Kier molecular flexibility index (Phi) is 7.19. The number of morpholine rings is 1. The number of amides is 1. The monoisotopic (exact) mass is 356 g/mol. The summed E-state index contributed by atoms with van der Waals surface area (Å²) in [6.45, 7) is 10.9. The van der Waals surface area contributed by atoms with E-state index in [1.807, 2.05) is 30.3 Å². The van der Waals surface area contributed by atoms with Crippen molar-refractivity contribution in [3.8, 4) is 6.07 Å². The Bertz CT molecular complexity index is 680. The van der Waals surface area contributed by atoms with Crippen LogP contribution >= 0.6 is 0 Å². The van der Waals surface area contributed by atoms with Crippen LogP contribution in [-0.2, 0) is 14.9 Å². The highest BCUT2D eigenvalue weighted by molar-refractivity contribution is 5.97. The number of nitrogens with zero attached hydrogens (tertiary/aromatic N) is 2. The molecule has 2 N–H and O–H groups in total. The van der Waals surface area contributed by atoms with Crippen molar-refractivity contribution >= 4 is 11.6 Å². The second kappa shape index (κ2) is 9.37. The molecule has 0 radical (unpaired) electrons. The van der Waals surface area contributed by atoms with Gasteiger partial charge in [0.25, 0.3) is 5.91 Å². The lowest BCUT2D eigenvalue weighted by molar-refractivity contribution is -0.117. The summed E-state index contributed by atoms with van der Waals surface area (Å²) in [5.74, 6) is -0.360. The zero-order valence-corrected chi connectivity index (χ0v) is 15.8. The van der Waals surface area contributed by atoms with Gasteiger partial charge in [0.2, 0.25) is 0 Å². The molecule has 0 aliphatic carbocycles. The van der Waals surface area contributed by atoms with Crippen molar-refractivity contribution < 1.29 is 9.53 Å². The number of carbonyl (C=O) groups excluding carboxylic acids is 1. The fourth-order valence-electron chi connectivity index (χ4n) is 2.81. The molecule has 1 fully saturated rings. The van der Waals surface area contributed by atoms with E-state index in [1.54, 1.807) is 0 Å². The maximum Gasteiger partial charge on any atom is 0.263 e. The van der Waals surface area contributed by atoms with Crippen LogP contribution in [0.4, 0.5) is 5.69 Å². The predicted octanol–water partition coefficient (Wildman–Crippen LogP) is 2.25. The van der Waals surface area contributed by atoms with Gasteiger partial charge in [-0.25, -0.2) is 0 Å². The molecule has 6 nitrogen and oxygen atoms in total. The van der Waals surface area contributed by atoms with Crippen molar-refractivity contribution in [3.05, 3.63) is 41.6 Å². The fourth-order valence-corrected chi connectivity index (χ4v) is 2.81. The summed E-state index contributed by atoms with van der Waals surface area (Å²) in [6, 6.07) is 9.88. The fraction of sp³-hybridized carbons (Fsp3) is 0.500. The number of rotatable bonds is 6. The number of carbonyl (C=O) groups is 1. The standard InChI is InChI=1S/C20H28N4O2/c1-20(2,3)17-6-4-5-7-18(17)23-15-16(14-21)19(25)22-8-9-24-10-12-26-13-11-24/h4-7,15,23H,8-13H2,1-3H3,(H,22,25)/b16-15-. The zero-order chi connectivity index (χ0) is 19.0. The molecular weight excluding hydrogens is 328 g/mol. The van der Waals surface area contributed by atoms with Crippen molar-refractivity contribution in [2.24, 2.45) is 0 Å². The van der Waals surface area contributed by atoms with Crippen molar-refractivity contribution in [1.29, 1.82) is 5.26 Å². The summed E-state index contributed by atoms with van der Waals surface area (Å²) in [5.41, 5.74) is 2.05. The average molecular weight is 356 g/mol. The molecule has 1 saturated heterocycles. The third kappa shape index (κ3) is 5.87. The smallest absolute Gasteiger partial charge is 0.263 e. The summed E-state index contributed by atoms with van der Waals surface area (Å²) >= 11 is 0. The van der Waals surface area contributed by atoms with E-state index in [0.717, 1.165) is 44.1 Å². The van der Waals surface area contributed by atoms with Crippen LogP contribution in [0.25, 0.3) is 0 Å². The zero-order valence-electron chi connectivity index (χ0n) is 15.8. The molecule has 1 amide bonds. The summed E-state index contributed by atoms with van der Waals surface area (Å²) in [6.07, 6.45) is 1.48. The van der Waals surface area contributed by atoms with Gasteiger partial charge in [-0.1, -0.05) is 39.0 Å². The van der Waals surface area contributed by atoms with Crippen molar-refractivity contribution in [2.45, 2.75) is 26.2 Å². The van der Waals surface area contributed by atoms with Gasteiger partial charge in [-0.2, -0.15) is 5.26 Å². The van der Waals surface area contributed by atoms with E-state index in [2.05, 4.69) is 36.3 Å². The molecule has 6 heteroatoms. The minimum Gasteiger partial charge on any atom is -0.379 e. The summed E-state index contributed by atoms with van der Waals surface area (Å²) in [4.78, 5) is 14.5. The van der Waals surface area contributed by atoms with E-state index in [0.29, 0.717) is 6.54 Å². The number of ether oxygens (including phenoxy) is 1. The third-order valence-corrected chi connectivity index (χ3v) is 4.29. The summed E-state index contributed by atoms with van der Waals surface area (Å²) in [5, 5.41) is 15.2. The van der Waals surface area contributed by atoms with Gasteiger partial charge in [0.15, 0.2) is 0 Å². The largest absolute Gasteiger partial charge is 0.379 e. The lowest BCUT2D eigenvalue weighted by atomic mass is 9.86. The van der Waals surface area contributed by atoms with Gasteiger partial charge >= 0.3 is 0 Å². The maximum atomic E-state index is 12.2. The number of benzene rings is 1. The normalized spacial score (nSPS) is 16.0. The van der Waals surface area contributed by atoms with Crippen molar-refractivity contribution in [1.82, 2.24) is 10.2 Å². The van der Waals surface area contributed by atoms with Gasteiger partial charge in [0, 0.05) is 38.1 Å². The van der Waals surface area contributed by atoms with Crippen LogP contribution < -0.4 is 10.6 Å². The van der Waals surface area contributed by atoms with Crippen LogP contribution in [0.1, 0.15) is 26.3 Å². The molecule has 26 heavy (non-hydrogen) atoms. The highest BCUT2D eigenvalue weighted by Gasteiger charge is 2.17. The van der Waals surface area contributed by atoms with Crippen LogP contribution in [0, 0.1) is 11.3 Å². The lowest BCUT2D eigenvalue weighted by Crippen LogP contribution is -2.41. The number of anilines is 1. The molecule has 140 valence electrons. The Labute approximate surface area is 155 Å². The number of nitrogens with one attached hydrogen (secondary N) is 2. The molecule has 2 rings (SSSR count). The molecule has 1 aliphatic rings. The van der Waals surface area contributed by atoms with E-state index in [-0.39, 0.29) is 16.9 Å². The quantitative estimate of drug-likeness (QED) is 0.604. The first kappa shape index (κ1) is 20.0. The van der Waals surface area contributed by atoms with Gasteiger partial charge in [0.05, 0.1) is 13.2 Å². The molecule has 0 atom stereocenters. The van der Waals surface area contributed by atoms with E-state index in [9.17, 15) is 10.1 Å². The molecule has 1 aliphatic heterocycles. The number of nitriles is 1. The molecule has 0 spiro atoms. The lowest BCUT2D eigenvalue weighted by Gasteiger charge is -2.26. The van der Waals surface area contributed by atoms with Gasteiger partial charge in [-0.15, -0.1) is 0 Å². The molecule has 0 bridgehead atoms. The molecule has 1 aromatic carbocycles. The second-order valence-corrected chi connectivity index (χ2v) is 7.32. The molecular formula is C20H28N4O2. The Hall–Kier alpha value is -2.36. The van der Waals surface area contributed by atoms with Gasteiger partial charge in [0.1, 0.15) is 11.6 Å². The average Bonchev–Trinajstić information content (AvgIpc) is 2.62. The Morgan fingerprint density at radius 3 is 2.65 bits per heavy atom. The van der Waals surface area contributed by atoms with E-state index < -0.39 is 0 Å². The van der Waals surface area contributed by atoms with Gasteiger partial charge < -0.3 is 15.4 Å². The van der Waals surface area contributed by atoms with Crippen LogP contribution in [0.5, 0.6) is 0 Å². The topological polar surface area (TPSA) is 77.4 Å². The van der Waals surface area contributed by atoms with E-state index in [4.69, 9.17) is 4.74 Å². The Morgan fingerprint density at radius 1 is 1.31 bits per heavy atom. The van der Waals surface area contributed by atoms with Crippen LogP contribution in [0.2, 0.25) is 0 Å². The van der Waals surface area contributed by atoms with Crippen molar-refractivity contribution in [3.63, 3.8) is 0 Å². The molecule has 0 aromatic heterocycles. The minimum atomic E-state index is -0.360. The summed E-state index contributed by atoms with van der Waals surface area (Å²) in [7, 11) is 0. The first-order valence-corrected chi connectivity index (χ1v) is 8.96. The van der Waals surface area contributed by atoms with Crippen LogP contribution in [0.3, 0.4) is 0 Å². The Morgan fingerprint density at radius 2 is 2.00 bits per heavy atom. The first-order valence-electron chi connectivity index (χ1n) is 8.96. The second-order valence-electron chi connectivity index (χ2n) is 7.32.